The summed E-state index contributed by atoms with van der Waals surface area (Å²) in [5.41, 5.74) is 3.61. The lowest BCUT2D eigenvalue weighted by Gasteiger charge is -2.08. The Balaban J connectivity index is 1.54. The number of amides is 2. The van der Waals surface area contributed by atoms with E-state index in [1.165, 1.54) is 0 Å². The molecule has 3 aromatic carbocycles. The number of nitrogens with one attached hydrogen (secondary N) is 2. The lowest BCUT2D eigenvalue weighted by Crippen LogP contribution is -2.24. The SMILES string of the molecule is CCCCNC(=O)CCCCC(=O)NN=Cc1c2ccccc2cc2ccccc12. The van der Waals surface area contributed by atoms with Gasteiger partial charge in [0.25, 0.3) is 0 Å². The molecule has 0 heterocycles. The average molecular weight is 404 g/mol. The number of hydrogen-bond acceptors (Lipinski definition) is 3. The van der Waals surface area contributed by atoms with Gasteiger partial charge in [0.05, 0.1) is 6.21 Å². The van der Waals surface area contributed by atoms with Crippen molar-refractivity contribution in [2.45, 2.75) is 45.4 Å². The number of hydrogen-bond donors (Lipinski definition) is 2. The number of nitrogens with zero attached hydrogens (tertiary/aromatic N) is 1. The van der Waals surface area contributed by atoms with Crippen LogP contribution in [-0.2, 0) is 9.59 Å². The molecule has 0 bridgehead atoms. The molecule has 5 nitrogen and oxygen atoms in total. The Hall–Kier alpha value is -3.21. The summed E-state index contributed by atoms with van der Waals surface area (Å²) in [5, 5.41) is 11.6. The van der Waals surface area contributed by atoms with Crippen molar-refractivity contribution in [2.24, 2.45) is 5.10 Å². The lowest BCUT2D eigenvalue weighted by atomic mass is 9.97. The van der Waals surface area contributed by atoms with Crippen LogP contribution in [0.2, 0.25) is 0 Å². The number of hydrazone groups is 1. The Morgan fingerprint density at radius 1 is 0.867 bits per heavy atom. The smallest absolute Gasteiger partial charge is 0.240 e. The van der Waals surface area contributed by atoms with E-state index in [2.05, 4.69) is 53.1 Å². The number of rotatable bonds is 10. The minimum absolute atomic E-state index is 0.0599. The molecule has 0 aliphatic heterocycles. The van der Waals surface area contributed by atoms with Gasteiger partial charge in [-0.25, -0.2) is 5.43 Å². The minimum Gasteiger partial charge on any atom is -0.356 e. The van der Waals surface area contributed by atoms with E-state index < -0.39 is 0 Å². The number of benzene rings is 3. The highest BCUT2D eigenvalue weighted by Gasteiger charge is 2.06. The van der Waals surface area contributed by atoms with Crippen LogP contribution < -0.4 is 10.7 Å². The predicted octanol–water partition coefficient (Wildman–Crippen LogP) is 4.92. The Labute approximate surface area is 177 Å². The first-order valence-corrected chi connectivity index (χ1v) is 10.7. The van der Waals surface area contributed by atoms with Crippen LogP contribution in [0.25, 0.3) is 21.5 Å². The van der Waals surface area contributed by atoms with Gasteiger partial charge in [-0.05, 0) is 46.9 Å². The fourth-order valence-corrected chi connectivity index (χ4v) is 3.48. The van der Waals surface area contributed by atoms with E-state index in [0.29, 0.717) is 25.7 Å². The van der Waals surface area contributed by atoms with Crippen LogP contribution in [0.3, 0.4) is 0 Å². The zero-order valence-electron chi connectivity index (χ0n) is 17.5. The van der Waals surface area contributed by atoms with Crippen molar-refractivity contribution in [2.75, 3.05) is 6.54 Å². The third kappa shape index (κ3) is 5.89. The van der Waals surface area contributed by atoms with E-state index in [1.54, 1.807) is 6.21 Å². The predicted molar refractivity (Wildman–Crippen MR) is 124 cm³/mol. The maximum absolute atomic E-state index is 12.1. The topological polar surface area (TPSA) is 70.6 Å². The number of carbonyl (C=O) groups is 2. The summed E-state index contributed by atoms with van der Waals surface area (Å²) < 4.78 is 0. The van der Waals surface area contributed by atoms with Crippen molar-refractivity contribution >= 4 is 39.6 Å². The third-order valence-corrected chi connectivity index (χ3v) is 5.11. The van der Waals surface area contributed by atoms with Crippen molar-refractivity contribution in [1.29, 1.82) is 0 Å². The molecule has 30 heavy (non-hydrogen) atoms. The molecule has 2 amide bonds. The Morgan fingerprint density at radius 2 is 1.47 bits per heavy atom. The molecular formula is C25H29N3O2. The minimum atomic E-state index is -0.137. The summed E-state index contributed by atoms with van der Waals surface area (Å²) in [6.07, 6.45) is 5.97. The van der Waals surface area contributed by atoms with Gasteiger partial charge in [-0.15, -0.1) is 0 Å². The molecule has 3 rings (SSSR count). The lowest BCUT2D eigenvalue weighted by molar-refractivity contribution is -0.123. The molecule has 0 aliphatic rings. The Bertz CT molecular complexity index is 989. The van der Waals surface area contributed by atoms with E-state index in [4.69, 9.17) is 0 Å². The molecule has 2 N–H and O–H groups in total. The van der Waals surface area contributed by atoms with Gasteiger partial charge in [0.1, 0.15) is 0 Å². The standard InChI is InChI=1S/C25H29N3O2/c1-2-3-16-26-24(29)14-8-9-15-25(30)28-27-18-23-21-12-6-4-10-19(21)17-20-11-5-7-13-22(20)23/h4-7,10-13,17-18H,2-3,8-9,14-16H2,1H3,(H,26,29)(H,28,30). The van der Waals surface area contributed by atoms with Gasteiger partial charge >= 0.3 is 0 Å². The van der Waals surface area contributed by atoms with Crippen LogP contribution in [0.5, 0.6) is 0 Å². The summed E-state index contributed by atoms with van der Waals surface area (Å²) in [6.45, 7) is 2.82. The average Bonchev–Trinajstić information content (AvgIpc) is 2.76. The maximum atomic E-state index is 12.1. The Kier molecular flexibility index (Phi) is 7.95. The van der Waals surface area contributed by atoms with Gasteiger partial charge in [-0.1, -0.05) is 61.9 Å². The van der Waals surface area contributed by atoms with E-state index in [1.807, 2.05) is 24.3 Å². The van der Waals surface area contributed by atoms with E-state index >= 15 is 0 Å². The van der Waals surface area contributed by atoms with Gasteiger partial charge in [-0.3, -0.25) is 9.59 Å². The van der Waals surface area contributed by atoms with Gasteiger partial charge in [-0.2, -0.15) is 5.10 Å². The molecule has 0 atom stereocenters. The summed E-state index contributed by atoms with van der Waals surface area (Å²) in [4.78, 5) is 23.8. The molecule has 0 fully saturated rings. The molecule has 3 aromatic rings. The van der Waals surface area contributed by atoms with Gasteiger partial charge in [0, 0.05) is 24.9 Å². The second-order valence-corrected chi connectivity index (χ2v) is 7.44. The molecule has 156 valence electrons. The van der Waals surface area contributed by atoms with Crippen molar-refractivity contribution < 1.29 is 9.59 Å². The first-order valence-electron chi connectivity index (χ1n) is 10.7. The fourth-order valence-electron chi connectivity index (χ4n) is 3.48. The maximum Gasteiger partial charge on any atom is 0.240 e. The van der Waals surface area contributed by atoms with Crippen molar-refractivity contribution in [3.63, 3.8) is 0 Å². The molecule has 0 saturated heterocycles. The molecule has 0 saturated carbocycles. The first-order chi connectivity index (χ1) is 14.7. The van der Waals surface area contributed by atoms with Gasteiger partial charge < -0.3 is 5.32 Å². The second-order valence-electron chi connectivity index (χ2n) is 7.44. The molecule has 0 unspecified atom stereocenters. The summed E-state index contributed by atoms with van der Waals surface area (Å²) in [6, 6.07) is 18.5. The van der Waals surface area contributed by atoms with E-state index in [0.717, 1.165) is 46.5 Å². The van der Waals surface area contributed by atoms with Gasteiger partial charge in [0.15, 0.2) is 0 Å². The molecule has 5 heteroatoms. The normalized spacial score (nSPS) is 11.2. The molecular weight excluding hydrogens is 374 g/mol. The second kappa shape index (κ2) is 11.1. The van der Waals surface area contributed by atoms with E-state index in [9.17, 15) is 9.59 Å². The quantitative estimate of drug-likeness (QED) is 0.218. The highest BCUT2D eigenvalue weighted by molar-refractivity contribution is 6.13. The van der Waals surface area contributed by atoms with Crippen LogP contribution in [0.15, 0.2) is 59.7 Å². The molecule has 0 aliphatic carbocycles. The highest BCUT2D eigenvalue weighted by Crippen LogP contribution is 2.27. The summed E-state index contributed by atoms with van der Waals surface area (Å²) >= 11 is 0. The molecule has 0 aromatic heterocycles. The van der Waals surface area contributed by atoms with Crippen molar-refractivity contribution in [3.05, 3.63) is 60.2 Å². The number of unbranched alkanes of at least 4 members (excludes halogenated alkanes) is 2. The first kappa shape index (κ1) is 21.5. The molecule has 0 spiro atoms. The van der Waals surface area contributed by atoms with Crippen LogP contribution in [0.1, 0.15) is 51.0 Å². The van der Waals surface area contributed by atoms with E-state index in [-0.39, 0.29) is 11.8 Å². The van der Waals surface area contributed by atoms with Crippen molar-refractivity contribution in [1.82, 2.24) is 10.7 Å². The van der Waals surface area contributed by atoms with Crippen LogP contribution in [-0.4, -0.2) is 24.6 Å². The molecule has 0 radical (unpaired) electrons. The van der Waals surface area contributed by atoms with Gasteiger partial charge in [0.2, 0.25) is 11.8 Å². The largest absolute Gasteiger partial charge is 0.356 e. The zero-order valence-corrected chi connectivity index (χ0v) is 17.5. The van der Waals surface area contributed by atoms with Crippen LogP contribution in [0, 0.1) is 0 Å². The van der Waals surface area contributed by atoms with Crippen molar-refractivity contribution in [3.8, 4) is 0 Å². The highest BCUT2D eigenvalue weighted by atomic mass is 16.2. The van der Waals surface area contributed by atoms with Crippen LogP contribution in [0.4, 0.5) is 0 Å². The number of fused-ring (bicyclic) bond motifs is 2. The monoisotopic (exact) mass is 403 g/mol. The zero-order chi connectivity index (χ0) is 21.2. The van der Waals surface area contributed by atoms with Crippen LogP contribution >= 0.6 is 0 Å². The summed E-state index contributed by atoms with van der Waals surface area (Å²) in [7, 11) is 0. The fraction of sp³-hybridized carbons (Fsp3) is 0.320. The number of carbonyl (C=O) groups excluding carboxylic acids is 2. The summed E-state index contributed by atoms with van der Waals surface area (Å²) in [5.74, 6) is -0.0769. The Morgan fingerprint density at radius 3 is 2.10 bits per heavy atom. The third-order valence-electron chi connectivity index (χ3n) is 5.11.